The SMILES string of the molecule is NC(=O)CC(O)C(O)c1cccc2c(=O)cc[nH]c12. The average molecular weight is 262 g/mol. The smallest absolute Gasteiger partial charge is 0.220 e. The summed E-state index contributed by atoms with van der Waals surface area (Å²) in [5.41, 5.74) is 5.58. The van der Waals surface area contributed by atoms with Crippen molar-refractivity contribution in [3.05, 3.63) is 46.2 Å². The Labute approximate surface area is 108 Å². The van der Waals surface area contributed by atoms with Crippen LogP contribution < -0.4 is 11.2 Å². The monoisotopic (exact) mass is 262 g/mol. The van der Waals surface area contributed by atoms with Gasteiger partial charge in [-0.2, -0.15) is 0 Å². The van der Waals surface area contributed by atoms with Gasteiger partial charge < -0.3 is 20.9 Å². The van der Waals surface area contributed by atoms with Crippen molar-refractivity contribution >= 4 is 16.8 Å². The van der Waals surface area contributed by atoms with E-state index in [0.717, 1.165) is 0 Å². The standard InChI is InChI=1S/C13H14N2O4/c14-11(18)6-10(17)13(19)8-3-1-2-7-9(16)4-5-15-12(7)8/h1-5,10,13,17,19H,6H2,(H2,14,18)(H,15,16). The first kappa shape index (κ1) is 13.3. The van der Waals surface area contributed by atoms with E-state index in [1.54, 1.807) is 18.2 Å². The number of aromatic nitrogens is 1. The number of hydrogen-bond donors (Lipinski definition) is 4. The van der Waals surface area contributed by atoms with Crippen molar-refractivity contribution in [1.82, 2.24) is 4.98 Å². The zero-order valence-corrected chi connectivity index (χ0v) is 10.0. The minimum atomic E-state index is -1.31. The number of H-pyrrole nitrogens is 1. The van der Waals surface area contributed by atoms with Gasteiger partial charge in [0.25, 0.3) is 0 Å². The van der Waals surface area contributed by atoms with E-state index in [0.29, 0.717) is 16.5 Å². The summed E-state index contributed by atoms with van der Waals surface area (Å²) < 4.78 is 0. The second kappa shape index (κ2) is 5.21. The molecule has 0 fully saturated rings. The number of aliphatic hydroxyl groups excluding tert-OH is 2. The minimum absolute atomic E-state index is 0.188. The first-order chi connectivity index (χ1) is 9.00. The Morgan fingerprint density at radius 1 is 1.32 bits per heavy atom. The molecule has 0 saturated heterocycles. The van der Waals surface area contributed by atoms with Crippen molar-refractivity contribution < 1.29 is 15.0 Å². The third-order valence-electron chi connectivity index (χ3n) is 2.92. The molecule has 0 saturated carbocycles. The summed E-state index contributed by atoms with van der Waals surface area (Å²) in [6.07, 6.45) is -1.50. The Balaban J connectivity index is 2.48. The molecule has 100 valence electrons. The number of benzene rings is 1. The molecule has 0 bridgehead atoms. The maximum atomic E-state index is 11.7. The predicted molar refractivity (Wildman–Crippen MR) is 69.3 cm³/mol. The summed E-state index contributed by atoms with van der Waals surface area (Å²) in [7, 11) is 0. The number of rotatable bonds is 4. The Bertz CT molecular complexity index is 665. The summed E-state index contributed by atoms with van der Waals surface area (Å²) >= 11 is 0. The number of nitrogens with one attached hydrogen (secondary N) is 1. The van der Waals surface area contributed by atoms with Crippen LogP contribution in [-0.4, -0.2) is 27.2 Å². The minimum Gasteiger partial charge on any atom is -0.390 e. The normalized spacial score (nSPS) is 14.2. The number of nitrogens with two attached hydrogens (primary N) is 1. The van der Waals surface area contributed by atoms with E-state index in [2.05, 4.69) is 4.98 Å². The van der Waals surface area contributed by atoms with Crippen LogP contribution in [0, 0.1) is 0 Å². The van der Waals surface area contributed by atoms with E-state index in [4.69, 9.17) is 5.73 Å². The summed E-state index contributed by atoms with van der Waals surface area (Å²) in [5.74, 6) is -0.708. The molecule has 2 rings (SSSR count). The van der Waals surface area contributed by atoms with Gasteiger partial charge in [0.05, 0.1) is 18.0 Å². The number of fused-ring (bicyclic) bond motifs is 1. The fraction of sp³-hybridized carbons (Fsp3) is 0.231. The number of carbonyl (C=O) groups is 1. The fourth-order valence-corrected chi connectivity index (χ4v) is 2.00. The van der Waals surface area contributed by atoms with Crippen LogP contribution in [0.5, 0.6) is 0 Å². The van der Waals surface area contributed by atoms with Crippen LogP contribution in [0.3, 0.4) is 0 Å². The first-order valence-electron chi connectivity index (χ1n) is 5.75. The van der Waals surface area contributed by atoms with Crippen LogP contribution in [0.1, 0.15) is 18.1 Å². The van der Waals surface area contributed by atoms with E-state index in [1.807, 2.05) is 0 Å². The van der Waals surface area contributed by atoms with E-state index in [-0.39, 0.29) is 11.8 Å². The largest absolute Gasteiger partial charge is 0.390 e. The van der Waals surface area contributed by atoms with Crippen LogP contribution in [0.15, 0.2) is 35.3 Å². The molecule has 2 unspecified atom stereocenters. The number of carbonyl (C=O) groups excluding carboxylic acids is 1. The molecular formula is C13H14N2O4. The van der Waals surface area contributed by atoms with Crippen LogP contribution in [0.2, 0.25) is 0 Å². The average Bonchev–Trinajstić information content (AvgIpc) is 2.37. The maximum Gasteiger partial charge on any atom is 0.220 e. The number of aromatic amines is 1. The Morgan fingerprint density at radius 3 is 2.74 bits per heavy atom. The van der Waals surface area contributed by atoms with Crippen molar-refractivity contribution in [2.45, 2.75) is 18.6 Å². The molecule has 6 nitrogen and oxygen atoms in total. The lowest BCUT2D eigenvalue weighted by Gasteiger charge is -2.18. The molecule has 0 aliphatic rings. The Hall–Kier alpha value is -2.18. The van der Waals surface area contributed by atoms with E-state index < -0.39 is 18.1 Å². The van der Waals surface area contributed by atoms with E-state index >= 15 is 0 Å². The predicted octanol–water partition coefficient (Wildman–Crippen LogP) is -0.202. The molecule has 1 aromatic heterocycles. The quantitative estimate of drug-likeness (QED) is 0.610. The number of pyridine rings is 1. The van der Waals surface area contributed by atoms with Crippen LogP contribution in [0.25, 0.3) is 10.9 Å². The highest BCUT2D eigenvalue weighted by Gasteiger charge is 2.22. The molecular weight excluding hydrogens is 248 g/mol. The third-order valence-corrected chi connectivity index (χ3v) is 2.92. The van der Waals surface area contributed by atoms with Gasteiger partial charge in [-0.15, -0.1) is 0 Å². The molecule has 1 amide bonds. The van der Waals surface area contributed by atoms with Crippen molar-refractivity contribution in [2.24, 2.45) is 5.73 Å². The van der Waals surface area contributed by atoms with Crippen molar-refractivity contribution in [2.75, 3.05) is 0 Å². The van der Waals surface area contributed by atoms with Gasteiger partial charge in [-0.1, -0.05) is 12.1 Å². The lowest BCUT2D eigenvalue weighted by atomic mass is 9.99. The zero-order valence-electron chi connectivity index (χ0n) is 10.0. The molecule has 19 heavy (non-hydrogen) atoms. The summed E-state index contributed by atoms with van der Waals surface area (Å²) in [6.45, 7) is 0. The van der Waals surface area contributed by atoms with Crippen LogP contribution in [0.4, 0.5) is 0 Å². The van der Waals surface area contributed by atoms with Gasteiger partial charge in [0.15, 0.2) is 5.43 Å². The van der Waals surface area contributed by atoms with Crippen molar-refractivity contribution in [3.63, 3.8) is 0 Å². The topological polar surface area (TPSA) is 116 Å². The molecule has 0 radical (unpaired) electrons. The van der Waals surface area contributed by atoms with Crippen molar-refractivity contribution in [3.8, 4) is 0 Å². The summed E-state index contributed by atoms with van der Waals surface area (Å²) in [5, 5.41) is 20.2. The fourth-order valence-electron chi connectivity index (χ4n) is 2.00. The second-order valence-corrected chi connectivity index (χ2v) is 4.29. The molecule has 0 aliphatic heterocycles. The zero-order chi connectivity index (χ0) is 14.0. The van der Waals surface area contributed by atoms with Gasteiger partial charge >= 0.3 is 0 Å². The van der Waals surface area contributed by atoms with Crippen LogP contribution in [-0.2, 0) is 4.79 Å². The lowest BCUT2D eigenvalue weighted by molar-refractivity contribution is -0.121. The summed E-state index contributed by atoms with van der Waals surface area (Å²) in [6, 6.07) is 6.17. The molecule has 1 heterocycles. The number of amides is 1. The molecule has 6 heteroatoms. The van der Waals surface area contributed by atoms with Gasteiger partial charge in [-0.3, -0.25) is 9.59 Å². The molecule has 2 aromatic rings. The lowest BCUT2D eigenvalue weighted by Crippen LogP contribution is -2.26. The van der Waals surface area contributed by atoms with Gasteiger partial charge in [-0.05, 0) is 6.07 Å². The maximum absolute atomic E-state index is 11.7. The Morgan fingerprint density at radius 2 is 2.05 bits per heavy atom. The molecule has 0 spiro atoms. The Kier molecular flexibility index (Phi) is 3.64. The summed E-state index contributed by atoms with van der Waals surface area (Å²) in [4.78, 5) is 25.3. The molecule has 2 atom stereocenters. The molecule has 5 N–H and O–H groups in total. The molecule has 1 aromatic carbocycles. The number of hydrogen-bond acceptors (Lipinski definition) is 4. The third kappa shape index (κ3) is 2.64. The highest BCUT2D eigenvalue weighted by atomic mass is 16.3. The van der Waals surface area contributed by atoms with Crippen molar-refractivity contribution in [1.29, 1.82) is 0 Å². The first-order valence-corrected chi connectivity index (χ1v) is 5.75. The molecule has 0 aliphatic carbocycles. The number of primary amides is 1. The van der Waals surface area contributed by atoms with E-state index in [1.165, 1.54) is 12.3 Å². The second-order valence-electron chi connectivity index (χ2n) is 4.29. The van der Waals surface area contributed by atoms with Gasteiger partial charge in [0.2, 0.25) is 5.91 Å². The van der Waals surface area contributed by atoms with Gasteiger partial charge in [0.1, 0.15) is 6.10 Å². The highest BCUT2D eigenvalue weighted by Crippen LogP contribution is 2.24. The number of aliphatic hydroxyl groups is 2. The van der Waals surface area contributed by atoms with E-state index in [9.17, 15) is 19.8 Å². The highest BCUT2D eigenvalue weighted by molar-refractivity contribution is 5.82. The van der Waals surface area contributed by atoms with Crippen LogP contribution >= 0.6 is 0 Å². The number of para-hydroxylation sites is 1. The van der Waals surface area contributed by atoms with Gasteiger partial charge in [-0.25, -0.2) is 0 Å². The van der Waals surface area contributed by atoms with Gasteiger partial charge in [0, 0.05) is 23.2 Å².